The number of aromatic nitrogens is 3. The van der Waals surface area contributed by atoms with Gasteiger partial charge in [-0.3, -0.25) is 5.10 Å². The molecule has 178 valence electrons. The van der Waals surface area contributed by atoms with E-state index in [4.69, 9.17) is 4.74 Å². The van der Waals surface area contributed by atoms with Gasteiger partial charge in [0.25, 0.3) is 16.0 Å². The van der Waals surface area contributed by atoms with Gasteiger partial charge in [-0.05, 0) is 24.4 Å². The Balaban J connectivity index is 2.68. The second-order valence-corrected chi connectivity index (χ2v) is 7.49. The quantitative estimate of drug-likeness (QED) is 0.381. The van der Waals surface area contributed by atoms with E-state index >= 15 is 0 Å². The molecule has 2 rings (SSSR count). The lowest BCUT2D eigenvalue weighted by Crippen LogP contribution is -2.22. The van der Waals surface area contributed by atoms with Crippen LogP contribution in [-0.2, 0) is 20.6 Å². The molecule has 32 heavy (non-hydrogen) atoms. The van der Waals surface area contributed by atoms with Crippen molar-refractivity contribution in [2.45, 2.75) is 25.8 Å². The molecule has 1 unspecified atom stereocenters. The van der Waals surface area contributed by atoms with Crippen molar-refractivity contribution in [1.82, 2.24) is 15.2 Å². The smallest absolute Gasteiger partial charge is 0.451 e. The van der Waals surface area contributed by atoms with Gasteiger partial charge in [0, 0.05) is 19.2 Å². The van der Waals surface area contributed by atoms with Gasteiger partial charge >= 0.3 is 11.9 Å². The summed E-state index contributed by atoms with van der Waals surface area (Å²) in [6, 6.07) is 2.26. The third kappa shape index (κ3) is 5.64. The van der Waals surface area contributed by atoms with E-state index in [1.165, 1.54) is 7.11 Å². The molecule has 1 heterocycles. The van der Waals surface area contributed by atoms with Crippen molar-refractivity contribution < 1.29 is 39.8 Å². The maximum atomic E-state index is 13.0. The molecule has 1 aromatic heterocycles. The molecule has 0 aliphatic rings. The van der Waals surface area contributed by atoms with Gasteiger partial charge in [-0.2, -0.15) is 31.3 Å². The van der Waals surface area contributed by atoms with Crippen LogP contribution in [0.1, 0.15) is 19.7 Å². The Kier molecular flexibility index (Phi) is 8.00. The number of nitrogens with zero attached hydrogens (tertiary/aromatic N) is 6. The lowest BCUT2D eigenvalue weighted by Gasteiger charge is -2.24. The predicted molar refractivity (Wildman–Crippen MR) is 101 cm³/mol. The number of benzene rings is 1. The van der Waals surface area contributed by atoms with Gasteiger partial charge in [0.05, 0.1) is 12.8 Å². The number of rotatable bonds is 9. The molecule has 2 aromatic rings. The maximum Gasteiger partial charge on any atom is 0.451 e. The molecule has 1 atom stereocenters. The van der Waals surface area contributed by atoms with Gasteiger partial charge in [-0.1, -0.05) is 4.39 Å². The van der Waals surface area contributed by atoms with E-state index in [1.807, 2.05) is 0 Å². The first-order chi connectivity index (χ1) is 15.0. The number of ether oxygens (including phenoxy) is 1. The minimum Gasteiger partial charge on any atom is -0.494 e. The number of anilines is 1. The summed E-state index contributed by atoms with van der Waals surface area (Å²) in [5, 5.41) is 11.8. The first-order valence-corrected chi connectivity index (χ1v) is 10.2. The fourth-order valence-corrected chi connectivity index (χ4v) is 3.00. The second kappa shape index (κ2) is 10.1. The van der Waals surface area contributed by atoms with E-state index in [1.54, 1.807) is 23.8 Å². The van der Waals surface area contributed by atoms with E-state index in [9.17, 15) is 30.7 Å². The normalized spacial score (nSPS) is 14.1. The van der Waals surface area contributed by atoms with Crippen LogP contribution in [0.25, 0.3) is 0 Å². The molecule has 0 spiro atoms. The number of halogens is 6. The predicted octanol–water partition coefficient (Wildman–Crippen LogP) is 5.23. The van der Waals surface area contributed by atoms with Gasteiger partial charge < -0.3 is 9.64 Å². The average Bonchev–Trinajstić information content (AvgIpc) is 3.23. The van der Waals surface area contributed by atoms with E-state index < -0.39 is 45.1 Å². The van der Waals surface area contributed by atoms with Crippen LogP contribution in [-0.4, -0.2) is 45.3 Å². The number of alkyl halides is 5. The standard InChI is InChI=1S/C15H17F6N7O3S/c1-4-28(5-2)10-6-9(27-32(29,31-21)13(16)17)8(7-11(10)30-3)23-25-14-22-12(24-26-14)15(18,19)20/h6-7,13H,4-5H2,1-3H3,(H,22,24,26). The summed E-state index contributed by atoms with van der Waals surface area (Å²) in [4.78, 5) is 4.79. The summed E-state index contributed by atoms with van der Waals surface area (Å²) in [6.45, 7) is 4.44. The van der Waals surface area contributed by atoms with Crippen LogP contribution < -0.4 is 9.64 Å². The molecule has 0 fully saturated rings. The second-order valence-electron chi connectivity index (χ2n) is 5.80. The molecule has 0 bridgehead atoms. The topological polar surface area (TPSA) is 117 Å². The highest BCUT2D eigenvalue weighted by Gasteiger charge is 2.35. The largest absolute Gasteiger partial charge is 0.494 e. The fraction of sp³-hybridized carbons (Fsp3) is 0.467. The lowest BCUT2D eigenvalue weighted by molar-refractivity contribution is -0.144. The van der Waals surface area contributed by atoms with Crippen molar-refractivity contribution >= 4 is 33.0 Å². The van der Waals surface area contributed by atoms with Crippen molar-refractivity contribution in [3.8, 4) is 5.75 Å². The van der Waals surface area contributed by atoms with Crippen molar-refractivity contribution in [2.75, 3.05) is 25.1 Å². The van der Waals surface area contributed by atoms with Crippen LogP contribution in [0.4, 0.5) is 49.5 Å². The maximum absolute atomic E-state index is 13.0. The number of hydrogen-bond donors (Lipinski definition) is 1. The number of azo groups is 1. The molecule has 10 nitrogen and oxygen atoms in total. The molecule has 17 heteroatoms. The number of methoxy groups -OCH3 is 1. The summed E-state index contributed by atoms with van der Waals surface area (Å²) < 4.78 is 99.9. The highest BCUT2D eigenvalue weighted by Crippen LogP contribution is 2.42. The Morgan fingerprint density at radius 2 is 1.84 bits per heavy atom. The summed E-state index contributed by atoms with van der Waals surface area (Å²) in [6.07, 6.45) is -4.82. The zero-order valence-corrected chi connectivity index (χ0v) is 17.5. The van der Waals surface area contributed by atoms with Gasteiger partial charge in [0.15, 0.2) is 0 Å². The lowest BCUT2D eigenvalue weighted by atomic mass is 10.2. The van der Waals surface area contributed by atoms with Crippen molar-refractivity contribution in [3.05, 3.63) is 18.0 Å². The molecule has 0 amide bonds. The first kappa shape index (κ1) is 25.3. The first-order valence-electron chi connectivity index (χ1n) is 8.71. The van der Waals surface area contributed by atoms with E-state index in [0.29, 0.717) is 18.8 Å². The minimum atomic E-state index is -5.11. The van der Waals surface area contributed by atoms with Crippen LogP contribution in [0.2, 0.25) is 0 Å². The van der Waals surface area contributed by atoms with E-state index in [2.05, 4.69) is 29.1 Å². The molecule has 1 N–H and O–H groups in total. The Hall–Kier alpha value is -2.95. The monoisotopic (exact) mass is 489 g/mol. The zero-order valence-electron chi connectivity index (χ0n) is 16.7. The Morgan fingerprint density at radius 3 is 2.31 bits per heavy atom. The van der Waals surface area contributed by atoms with Gasteiger partial charge in [0.2, 0.25) is 5.82 Å². The minimum absolute atomic E-state index is 0.150. The highest BCUT2D eigenvalue weighted by molar-refractivity contribution is 7.89. The molecule has 0 radical (unpaired) electrons. The van der Waals surface area contributed by atoms with Crippen LogP contribution in [0, 0.1) is 0 Å². The van der Waals surface area contributed by atoms with Crippen molar-refractivity contribution in [2.24, 2.45) is 14.6 Å². The summed E-state index contributed by atoms with van der Waals surface area (Å²) >= 11 is 0. The molecular weight excluding hydrogens is 472 g/mol. The van der Waals surface area contributed by atoms with Crippen LogP contribution in [0.5, 0.6) is 5.75 Å². The molecular formula is C15H17F6N7O3S. The molecule has 1 aromatic carbocycles. The van der Waals surface area contributed by atoms with E-state index in [-0.39, 0.29) is 5.75 Å². The van der Waals surface area contributed by atoms with Gasteiger partial charge in [0.1, 0.15) is 17.1 Å². The van der Waals surface area contributed by atoms with Crippen LogP contribution >= 0.6 is 0 Å². The molecule has 0 saturated heterocycles. The zero-order chi connectivity index (χ0) is 24.1. The van der Waals surface area contributed by atoms with Crippen molar-refractivity contribution in [1.29, 1.82) is 0 Å². The molecule has 0 aliphatic heterocycles. The SMILES string of the molecule is CCN(CC)c1cc(N=S(=O)(OF)C(F)F)c(N=Nc2n[nH]c(C(F)(F)F)n2)cc1OC. The third-order valence-electron chi connectivity index (χ3n) is 3.91. The Labute approximate surface area is 177 Å². The number of hydrogen-bond acceptors (Lipinski definition) is 9. The van der Waals surface area contributed by atoms with Crippen LogP contribution in [0.15, 0.2) is 26.7 Å². The highest BCUT2D eigenvalue weighted by atomic mass is 32.2. The summed E-state index contributed by atoms with van der Waals surface area (Å²) in [5.41, 5.74) is -0.644. The van der Waals surface area contributed by atoms with Crippen LogP contribution in [0.3, 0.4) is 0 Å². The Bertz CT molecular complexity index is 1080. The fourth-order valence-electron chi connectivity index (χ4n) is 2.42. The van der Waals surface area contributed by atoms with Crippen molar-refractivity contribution in [3.63, 3.8) is 0 Å². The third-order valence-corrected chi connectivity index (χ3v) is 4.99. The number of aromatic amines is 1. The number of nitrogens with one attached hydrogen (secondary N) is 1. The Morgan fingerprint density at radius 1 is 1.19 bits per heavy atom. The molecule has 0 aliphatic carbocycles. The average molecular weight is 489 g/mol. The van der Waals surface area contributed by atoms with E-state index in [0.717, 1.165) is 12.1 Å². The summed E-state index contributed by atoms with van der Waals surface area (Å²) in [7, 11) is -3.83. The number of H-pyrrole nitrogens is 1. The summed E-state index contributed by atoms with van der Waals surface area (Å²) in [5.74, 6) is -5.86. The van der Waals surface area contributed by atoms with Gasteiger partial charge in [-0.15, -0.1) is 15.3 Å². The molecule has 0 saturated carbocycles. The van der Waals surface area contributed by atoms with Gasteiger partial charge in [-0.25, -0.2) is 4.21 Å².